The number of benzene rings is 2. The maximum absolute atomic E-state index is 12.6. The number of thiophene rings is 1. The number of hydrogen-bond acceptors (Lipinski definition) is 5. The van der Waals surface area contributed by atoms with Crippen LogP contribution in [0.15, 0.2) is 64.2 Å². The molecule has 0 aliphatic heterocycles. The highest BCUT2D eigenvalue weighted by Gasteiger charge is 2.20. The van der Waals surface area contributed by atoms with E-state index < -0.39 is 10.1 Å². The minimum atomic E-state index is -3.94. The van der Waals surface area contributed by atoms with Crippen LogP contribution in [0.1, 0.15) is 27.0 Å². The number of aryl methyl sites for hydroxylation is 2. The molecule has 2 aromatic carbocycles. The first-order valence-corrected chi connectivity index (χ1v) is 11.0. The molecule has 0 aliphatic carbocycles. The van der Waals surface area contributed by atoms with Crippen molar-refractivity contribution in [3.63, 3.8) is 0 Å². The van der Waals surface area contributed by atoms with Gasteiger partial charge in [-0.25, -0.2) is 0 Å². The Kier molecular flexibility index (Phi) is 5.86. The fourth-order valence-corrected chi connectivity index (χ4v) is 4.66. The molecule has 1 heterocycles. The average Bonchev–Trinajstić information content (AvgIpc) is 3.16. The van der Waals surface area contributed by atoms with E-state index in [0.717, 1.165) is 11.1 Å². The summed E-state index contributed by atoms with van der Waals surface area (Å²) in [6, 6.07) is 13.3. The highest BCUT2D eigenvalue weighted by Crippen LogP contribution is 2.23. The van der Waals surface area contributed by atoms with Crippen molar-refractivity contribution in [3.8, 4) is 5.75 Å². The highest BCUT2D eigenvalue weighted by atomic mass is 32.2. The van der Waals surface area contributed by atoms with Crippen LogP contribution in [0.4, 0.5) is 0 Å². The van der Waals surface area contributed by atoms with Gasteiger partial charge in [0, 0.05) is 19.2 Å². The molecule has 5 nitrogen and oxygen atoms in total. The molecule has 0 saturated heterocycles. The number of amides is 1. The van der Waals surface area contributed by atoms with Gasteiger partial charge in [-0.2, -0.15) is 19.8 Å². The van der Waals surface area contributed by atoms with E-state index in [1.807, 2.05) is 29.8 Å². The topological polar surface area (TPSA) is 63.7 Å². The van der Waals surface area contributed by atoms with Crippen LogP contribution in [0.5, 0.6) is 5.75 Å². The third kappa shape index (κ3) is 4.61. The van der Waals surface area contributed by atoms with Crippen molar-refractivity contribution >= 4 is 27.4 Å². The summed E-state index contributed by atoms with van der Waals surface area (Å²) in [5.74, 6) is 0.0214. The lowest BCUT2D eigenvalue weighted by atomic mass is 10.2. The molecule has 0 N–H and O–H groups in total. The Hall–Kier alpha value is -2.64. The lowest BCUT2D eigenvalue weighted by Crippen LogP contribution is -2.25. The molecule has 3 rings (SSSR count). The van der Waals surface area contributed by atoms with E-state index >= 15 is 0 Å². The normalized spacial score (nSPS) is 11.2. The second-order valence-corrected chi connectivity index (χ2v) is 8.92. The maximum Gasteiger partial charge on any atom is 0.339 e. The van der Waals surface area contributed by atoms with Crippen LogP contribution in [-0.4, -0.2) is 26.3 Å². The predicted molar refractivity (Wildman–Crippen MR) is 110 cm³/mol. The quantitative estimate of drug-likeness (QED) is 0.560. The Morgan fingerprint density at radius 2 is 1.79 bits per heavy atom. The molecular formula is C21H21NO4S2. The molecule has 3 aromatic rings. The van der Waals surface area contributed by atoms with Crippen molar-refractivity contribution in [1.82, 2.24) is 4.90 Å². The molecule has 0 unspecified atom stereocenters. The van der Waals surface area contributed by atoms with Gasteiger partial charge in [0.15, 0.2) is 0 Å². The van der Waals surface area contributed by atoms with E-state index in [-0.39, 0.29) is 16.6 Å². The minimum absolute atomic E-state index is 0.142. The van der Waals surface area contributed by atoms with Gasteiger partial charge in [-0.15, -0.1) is 0 Å². The molecule has 28 heavy (non-hydrogen) atoms. The second-order valence-electron chi connectivity index (χ2n) is 6.62. The first kappa shape index (κ1) is 20.1. The maximum atomic E-state index is 12.6. The molecule has 0 radical (unpaired) electrons. The van der Waals surface area contributed by atoms with E-state index in [2.05, 4.69) is 0 Å². The SMILES string of the molecule is Cc1ccc(C)c(S(=O)(=O)Oc2ccc(C(=O)N(C)Cc3ccsc3)cc2)c1. The van der Waals surface area contributed by atoms with Crippen molar-refractivity contribution in [2.75, 3.05) is 7.05 Å². The van der Waals surface area contributed by atoms with E-state index in [1.54, 1.807) is 54.5 Å². The lowest BCUT2D eigenvalue weighted by molar-refractivity contribution is 0.0785. The van der Waals surface area contributed by atoms with Crippen LogP contribution in [0.25, 0.3) is 0 Å². The zero-order chi connectivity index (χ0) is 20.3. The van der Waals surface area contributed by atoms with Crippen LogP contribution in [0.2, 0.25) is 0 Å². The van der Waals surface area contributed by atoms with E-state index in [0.29, 0.717) is 17.7 Å². The number of nitrogens with zero attached hydrogens (tertiary/aromatic N) is 1. The Morgan fingerprint density at radius 3 is 2.43 bits per heavy atom. The van der Waals surface area contributed by atoms with Crippen molar-refractivity contribution in [3.05, 3.63) is 81.5 Å². The summed E-state index contributed by atoms with van der Waals surface area (Å²) >= 11 is 1.58. The summed E-state index contributed by atoms with van der Waals surface area (Å²) in [5.41, 5.74) is 2.99. The lowest BCUT2D eigenvalue weighted by Gasteiger charge is -2.17. The fourth-order valence-electron chi connectivity index (χ4n) is 2.75. The van der Waals surface area contributed by atoms with Crippen LogP contribution in [-0.2, 0) is 16.7 Å². The van der Waals surface area contributed by atoms with Crippen LogP contribution >= 0.6 is 11.3 Å². The van der Waals surface area contributed by atoms with Crippen LogP contribution < -0.4 is 4.18 Å². The molecule has 1 aromatic heterocycles. The average molecular weight is 416 g/mol. The Labute approximate surface area is 169 Å². The summed E-state index contributed by atoms with van der Waals surface area (Å²) in [6.07, 6.45) is 0. The molecule has 146 valence electrons. The number of rotatable bonds is 6. The third-order valence-corrected chi connectivity index (χ3v) is 6.39. The molecule has 0 aliphatic rings. The summed E-state index contributed by atoms with van der Waals surface area (Å²) in [5, 5.41) is 3.97. The molecule has 0 bridgehead atoms. The van der Waals surface area contributed by atoms with Crippen LogP contribution in [0, 0.1) is 13.8 Å². The van der Waals surface area contributed by atoms with Gasteiger partial charge >= 0.3 is 10.1 Å². The zero-order valence-corrected chi connectivity index (χ0v) is 17.5. The summed E-state index contributed by atoms with van der Waals surface area (Å²) in [4.78, 5) is 14.3. The van der Waals surface area contributed by atoms with Gasteiger partial charge in [0.05, 0.1) is 0 Å². The van der Waals surface area contributed by atoms with Gasteiger partial charge in [0.2, 0.25) is 0 Å². The monoisotopic (exact) mass is 415 g/mol. The third-order valence-electron chi connectivity index (χ3n) is 4.27. The summed E-state index contributed by atoms with van der Waals surface area (Å²) < 4.78 is 30.4. The molecule has 0 atom stereocenters. The summed E-state index contributed by atoms with van der Waals surface area (Å²) in [7, 11) is -2.21. The van der Waals surface area contributed by atoms with Crippen LogP contribution in [0.3, 0.4) is 0 Å². The molecule has 0 fully saturated rings. The number of carbonyl (C=O) groups is 1. The number of carbonyl (C=O) groups excluding carboxylic acids is 1. The first-order chi connectivity index (χ1) is 13.3. The molecule has 0 saturated carbocycles. The smallest absolute Gasteiger partial charge is 0.339 e. The second kappa shape index (κ2) is 8.16. The van der Waals surface area contributed by atoms with Crippen molar-refractivity contribution in [1.29, 1.82) is 0 Å². The van der Waals surface area contributed by atoms with E-state index in [1.165, 1.54) is 12.1 Å². The Bertz CT molecular complexity index is 1070. The summed E-state index contributed by atoms with van der Waals surface area (Å²) in [6.45, 7) is 4.06. The van der Waals surface area contributed by atoms with E-state index in [9.17, 15) is 13.2 Å². The predicted octanol–water partition coefficient (Wildman–Crippen LogP) is 4.40. The van der Waals surface area contributed by atoms with Gasteiger partial charge in [0.25, 0.3) is 5.91 Å². The Morgan fingerprint density at radius 1 is 1.07 bits per heavy atom. The van der Waals surface area contributed by atoms with Gasteiger partial charge in [0.1, 0.15) is 10.6 Å². The number of hydrogen-bond donors (Lipinski definition) is 0. The standard InChI is InChI=1S/C21H21NO4S2/c1-15-4-5-16(2)20(12-15)28(24,25)26-19-8-6-18(7-9-19)21(23)22(3)13-17-10-11-27-14-17/h4-12,14H,13H2,1-3H3. The molecule has 1 amide bonds. The molecule has 7 heteroatoms. The van der Waals surface area contributed by atoms with Crippen molar-refractivity contribution in [2.45, 2.75) is 25.3 Å². The fraction of sp³-hybridized carbons (Fsp3) is 0.190. The van der Waals surface area contributed by atoms with Gasteiger partial charge in [-0.05, 0) is 77.7 Å². The van der Waals surface area contributed by atoms with Gasteiger partial charge in [-0.1, -0.05) is 12.1 Å². The van der Waals surface area contributed by atoms with Crippen molar-refractivity contribution in [2.24, 2.45) is 0 Å². The molecule has 0 spiro atoms. The molecular weight excluding hydrogens is 394 g/mol. The van der Waals surface area contributed by atoms with E-state index in [4.69, 9.17) is 4.18 Å². The first-order valence-electron chi connectivity index (χ1n) is 8.64. The zero-order valence-electron chi connectivity index (χ0n) is 15.9. The Balaban J connectivity index is 1.73. The van der Waals surface area contributed by atoms with Crippen molar-refractivity contribution < 1.29 is 17.4 Å². The highest BCUT2D eigenvalue weighted by molar-refractivity contribution is 7.87. The van der Waals surface area contributed by atoms with Gasteiger partial charge < -0.3 is 9.08 Å². The van der Waals surface area contributed by atoms with Gasteiger partial charge in [-0.3, -0.25) is 4.79 Å². The minimum Gasteiger partial charge on any atom is -0.379 e. The largest absolute Gasteiger partial charge is 0.379 e.